The minimum atomic E-state index is 0.646. The molecule has 16 heavy (non-hydrogen) atoms. The molecule has 6 heteroatoms. The second kappa shape index (κ2) is 5.22. The zero-order valence-corrected chi connectivity index (χ0v) is 8.97. The highest BCUT2D eigenvalue weighted by atomic mass is 16.5. The van der Waals surface area contributed by atoms with Crippen LogP contribution in [0.3, 0.4) is 0 Å². The van der Waals surface area contributed by atoms with E-state index in [0.717, 1.165) is 23.8 Å². The topological polar surface area (TPSA) is 75.7 Å². The van der Waals surface area contributed by atoms with Gasteiger partial charge in [0.15, 0.2) is 0 Å². The molecule has 0 saturated heterocycles. The quantitative estimate of drug-likeness (QED) is 0.731. The number of methoxy groups -OCH3 is 1. The average Bonchev–Trinajstić information content (AvgIpc) is 2.79. The van der Waals surface area contributed by atoms with Crippen molar-refractivity contribution < 1.29 is 4.74 Å². The predicted molar refractivity (Wildman–Crippen MR) is 60.0 cm³/mol. The Morgan fingerprint density at radius 1 is 1.44 bits per heavy atom. The van der Waals surface area contributed by atoms with E-state index in [9.17, 15) is 0 Å². The Kier molecular flexibility index (Phi) is 3.45. The van der Waals surface area contributed by atoms with E-state index in [2.05, 4.69) is 25.5 Å². The lowest BCUT2D eigenvalue weighted by Gasteiger charge is -1.99. The van der Waals surface area contributed by atoms with Crippen LogP contribution in [-0.4, -0.2) is 40.4 Å². The molecule has 2 N–H and O–H groups in total. The summed E-state index contributed by atoms with van der Waals surface area (Å²) >= 11 is 0. The zero-order valence-electron chi connectivity index (χ0n) is 8.97. The summed E-state index contributed by atoms with van der Waals surface area (Å²) in [7, 11) is 1.66. The molecule has 0 saturated carbocycles. The number of rotatable bonds is 5. The van der Waals surface area contributed by atoms with Crippen molar-refractivity contribution in [2.45, 2.75) is 0 Å². The van der Waals surface area contributed by atoms with Crippen LogP contribution in [0.15, 0.2) is 24.7 Å². The standard InChI is InChI=1S/C10H13N5O/c1-16-5-4-13-10-6-8(14-15-10)9-7-11-2-3-12-9/h2-3,6-7H,4-5H2,1H3,(H2,13,14,15). The van der Waals surface area contributed by atoms with Crippen molar-refractivity contribution in [1.82, 2.24) is 20.2 Å². The van der Waals surface area contributed by atoms with E-state index in [1.54, 1.807) is 25.7 Å². The summed E-state index contributed by atoms with van der Waals surface area (Å²) in [5.41, 5.74) is 1.61. The number of nitrogens with one attached hydrogen (secondary N) is 2. The van der Waals surface area contributed by atoms with Crippen LogP contribution in [-0.2, 0) is 4.74 Å². The molecular formula is C10H13N5O. The highest BCUT2D eigenvalue weighted by molar-refractivity contribution is 5.57. The fourth-order valence-corrected chi connectivity index (χ4v) is 1.26. The lowest BCUT2D eigenvalue weighted by Crippen LogP contribution is -2.07. The molecule has 0 atom stereocenters. The molecule has 0 radical (unpaired) electrons. The van der Waals surface area contributed by atoms with Gasteiger partial charge in [0.1, 0.15) is 11.5 Å². The summed E-state index contributed by atoms with van der Waals surface area (Å²) in [6.45, 7) is 1.37. The van der Waals surface area contributed by atoms with Gasteiger partial charge in [-0.1, -0.05) is 0 Å². The van der Waals surface area contributed by atoms with E-state index in [-0.39, 0.29) is 0 Å². The summed E-state index contributed by atoms with van der Waals surface area (Å²) in [5, 5.41) is 10.1. The number of anilines is 1. The zero-order chi connectivity index (χ0) is 11.2. The van der Waals surface area contributed by atoms with Gasteiger partial charge in [-0.25, -0.2) is 0 Å². The fraction of sp³-hybridized carbons (Fsp3) is 0.300. The molecule has 2 aromatic heterocycles. The Labute approximate surface area is 93.1 Å². The first-order valence-corrected chi connectivity index (χ1v) is 4.95. The van der Waals surface area contributed by atoms with Crippen molar-refractivity contribution in [2.24, 2.45) is 0 Å². The molecule has 0 spiro atoms. The number of nitrogens with zero attached hydrogens (tertiary/aromatic N) is 3. The molecule has 2 rings (SSSR count). The molecule has 0 aliphatic carbocycles. The number of hydrogen-bond acceptors (Lipinski definition) is 5. The maximum Gasteiger partial charge on any atom is 0.148 e. The maximum absolute atomic E-state index is 4.93. The number of H-pyrrole nitrogens is 1. The number of hydrogen-bond donors (Lipinski definition) is 2. The van der Waals surface area contributed by atoms with Crippen LogP contribution in [0.2, 0.25) is 0 Å². The lowest BCUT2D eigenvalue weighted by atomic mass is 10.3. The van der Waals surface area contributed by atoms with Gasteiger partial charge in [0.05, 0.1) is 18.5 Å². The molecule has 0 bridgehead atoms. The smallest absolute Gasteiger partial charge is 0.148 e. The SMILES string of the molecule is COCCNc1cc(-c2cnccn2)[nH]n1. The second-order valence-corrected chi connectivity index (χ2v) is 3.18. The third-order valence-corrected chi connectivity index (χ3v) is 2.03. The predicted octanol–water partition coefficient (Wildman–Crippen LogP) is 0.925. The summed E-state index contributed by atoms with van der Waals surface area (Å²) in [6.07, 6.45) is 4.97. The molecule has 2 heterocycles. The third kappa shape index (κ3) is 2.54. The number of aromatic nitrogens is 4. The van der Waals surface area contributed by atoms with Gasteiger partial charge in [-0.05, 0) is 0 Å². The first kappa shape index (κ1) is 10.6. The fourth-order valence-electron chi connectivity index (χ4n) is 1.26. The van der Waals surface area contributed by atoms with Crippen molar-refractivity contribution in [3.8, 4) is 11.4 Å². The van der Waals surface area contributed by atoms with Gasteiger partial charge >= 0.3 is 0 Å². The van der Waals surface area contributed by atoms with Crippen molar-refractivity contribution >= 4 is 5.82 Å². The highest BCUT2D eigenvalue weighted by Gasteiger charge is 2.03. The lowest BCUT2D eigenvalue weighted by molar-refractivity contribution is 0.210. The normalized spacial score (nSPS) is 10.3. The van der Waals surface area contributed by atoms with Crippen LogP contribution in [0.25, 0.3) is 11.4 Å². The highest BCUT2D eigenvalue weighted by Crippen LogP contribution is 2.15. The Balaban J connectivity index is 2.02. The largest absolute Gasteiger partial charge is 0.383 e. The van der Waals surface area contributed by atoms with E-state index in [1.807, 2.05) is 6.07 Å². The molecule has 0 fully saturated rings. The van der Waals surface area contributed by atoms with Crippen LogP contribution >= 0.6 is 0 Å². The maximum atomic E-state index is 4.93. The first-order chi connectivity index (χ1) is 7.90. The van der Waals surface area contributed by atoms with Gasteiger partial charge in [-0.2, -0.15) is 5.10 Å². The van der Waals surface area contributed by atoms with Crippen molar-refractivity contribution in [2.75, 3.05) is 25.6 Å². The number of aromatic amines is 1. The van der Waals surface area contributed by atoms with Crippen LogP contribution in [0.1, 0.15) is 0 Å². The van der Waals surface area contributed by atoms with Crippen LogP contribution in [0.5, 0.6) is 0 Å². The van der Waals surface area contributed by atoms with Gasteiger partial charge in [0, 0.05) is 32.1 Å². The first-order valence-electron chi connectivity index (χ1n) is 4.95. The molecule has 0 unspecified atom stereocenters. The Hall–Kier alpha value is -1.95. The van der Waals surface area contributed by atoms with Gasteiger partial charge in [-0.3, -0.25) is 15.1 Å². The Morgan fingerprint density at radius 3 is 3.12 bits per heavy atom. The van der Waals surface area contributed by atoms with Gasteiger partial charge < -0.3 is 10.1 Å². The van der Waals surface area contributed by atoms with Gasteiger partial charge in [0.2, 0.25) is 0 Å². The van der Waals surface area contributed by atoms with Gasteiger partial charge in [-0.15, -0.1) is 0 Å². The Bertz CT molecular complexity index is 428. The summed E-state index contributed by atoms with van der Waals surface area (Å²) in [4.78, 5) is 8.17. The van der Waals surface area contributed by atoms with Crippen molar-refractivity contribution in [3.63, 3.8) is 0 Å². The van der Waals surface area contributed by atoms with Crippen molar-refractivity contribution in [1.29, 1.82) is 0 Å². The molecule has 84 valence electrons. The summed E-state index contributed by atoms with van der Waals surface area (Å²) < 4.78 is 4.93. The second-order valence-electron chi connectivity index (χ2n) is 3.18. The molecular weight excluding hydrogens is 206 g/mol. The Morgan fingerprint density at radius 2 is 2.38 bits per heavy atom. The molecule has 6 nitrogen and oxygen atoms in total. The number of ether oxygens (including phenoxy) is 1. The van der Waals surface area contributed by atoms with Crippen LogP contribution in [0, 0.1) is 0 Å². The van der Waals surface area contributed by atoms with E-state index in [0.29, 0.717) is 6.61 Å². The van der Waals surface area contributed by atoms with Crippen LogP contribution < -0.4 is 5.32 Å². The molecule has 0 amide bonds. The van der Waals surface area contributed by atoms with E-state index < -0.39 is 0 Å². The summed E-state index contributed by atoms with van der Waals surface area (Å²) in [5.74, 6) is 0.776. The van der Waals surface area contributed by atoms with E-state index in [4.69, 9.17) is 4.74 Å². The molecule has 2 aromatic rings. The molecule has 0 aliphatic rings. The molecule has 0 aromatic carbocycles. The minimum Gasteiger partial charge on any atom is -0.383 e. The van der Waals surface area contributed by atoms with Crippen LogP contribution in [0.4, 0.5) is 5.82 Å². The van der Waals surface area contributed by atoms with Gasteiger partial charge in [0.25, 0.3) is 0 Å². The monoisotopic (exact) mass is 219 g/mol. The van der Waals surface area contributed by atoms with Crippen molar-refractivity contribution in [3.05, 3.63) is 24.7 Å². The summed E-state index contributed by atoms with van der Waals surface area (Å²) in [6, 6.07) is 1.89. The minimum absolute atomic E-state index is 0.646. The average molecular weight is 219 g/mol. The molecule has 0 aliphatic heterocycles. The van der Waals surface area contributed by atoms with E-state index >= 15 is 0 Å². The van der Waals surface area contributed by atoms with E-state index in [1.165, 1.54) is 0 Å². The third-order valence-electron chi connectivity index (χ3n) is 2.03.